The van der Waals surface area contributed by atoms with E-state index in [1.165, 1.54) is 0 Å². The van der Waals surface area contributed by atoms with Crippen molar-refractivity contribution in [3.05, 3.63) is 72.4 Å². The van der Waals surface area contributed by atoms with E-state index >= 15 is 0 Å². The first kappa shape index (κ1) is 17.3. The van der Waals surface area contributed by atoms with E-state index in [4.69, 9.17) is 9.47 Å². The molecule has 0 aliphatic carbocycles. The SMILES string of the molecule is O=C(Nc1ccnn1C[C@@H]1CCOC1)c1cccc(Oc2ccccc2)c1. The van der Waals surface area contributed by atoms with Crippen molar-refractivity contribution in [1.29, 1.82) is 0 Å². The molecule has 1 atom stereocenters. The molecular formula is C21H21N3O3. The Hall–Kier alpha value is -3.12. The van der Waals surface area contributed by atoms with Crippen LogP contribution in [0.1, 0.15) is 16.8 Å². The van der Waals surface area contributed by atoms with Crippen molar-refractivity contribution < 1.29 is 14.3 Å². The lowest BCUT2D eigenvalue weighted by molar-refractivity contribution is 0.102. The molecular weight excluding hydrogens is 342 g/mol. The summed E-state index contributed by atoms with van der Waals surface area (Å²) in [5.41, 5.74) is 0.528. The van der Waals surface area contributed by atoms with Gasteiger partial charge in [-0.1, -0.05) is 24.3 Å². The highest BCUT2D eigenvalue weighted by Crippen LogP contribution is 2.23. The molecule has 1 aromatic heterocycles. The standard InChI is InChI=1S/C21H21N3O3/c25-21(23-20-9-11-22-24(20)14-16-10-12-26-15-16)17-5-4-8-19(13-17)27-18-6-2-1-3-7-18/h1-9,11,13,16H,10,12,14-15H2,(H,23,25)/t16-/m0/s1. The van der Waals surface area contributed by atoms with Gasteiger partial charge in [-0.3, -0.25) is 4.79 Å². The highest BCUT2D eigenvalue weighted by molar-refractivity contribution is 6.04. The molecule has 0 spiro atoms. The van der Waals surface area contributed by atoms with Gasteiger partial charge in [0.2, 0.25) is 0 Å². The summed E-state index contributed by atoms with van der Waals surface area (Å²) in [5, 5.41) is 7.26. The van der Waals surface area contributed by atoms with Crippen molar-refractivity contribution in [2.75, 3.05) is 18.5 Å². The Bertz CT molecular complexity index is 902. The van der Waals surface area contributed by atoms with Crippen LogP contribution in [0, 0.1) is 5.92 Å². The third-order valence-corrected chi connectivity index (χ3v) is 4.49. The molecule has 27 heavy (non-hydrogen) atoms. The number of aromatic nitrogens is 2. The average molecular weight is 363 g/mol. The number of nitrogens with zero attached hydrogens (tertiary/aromatic N) is 2. The molecule has 4 rings (SSSR count). The Kier molecular flexibility index (Phi) is 5.16. The second kappa shape index (κ2) is 8.05. The largest absolute Gasteiger partial charge is 0.457 e. The zero-order valence-corrected chi connectivity index (χ0v) is 14.9. The van der Waals surface area contributed by atoms with Crippen LogP contribution in [0.5, 0.6) is 11.5 Å². The Labute approximate surface area is 157 Å². The smallest absolute Gasteiger partial charge is 0.256 e. The molecule has 0 radical (unpaired) electrons. The van der Waals surface area contributed by atoms with Gasteiger partial charge in [0, 0.05) is 30.7 Å². The normalized spacial score (nSPS) is 16.2. The van der Waals surface area contributed by atoms with Crippen LogP contribution in [0.25, 0.3) is 0 Å². The number of benzene rings is 2. The molecule has 1 saturated heterocycles. The first-order valence-electron chi connectivity index (χ1n) is 9.02. The van der Waals surface area contributed by atoms with Crippen LogP contribution >= 0.6 is 0 Å². The summed E-state index contributed by atoms with van der Waals surface area (Å²) < 4.78 is 13.0. The van der Waals surface area contributed by atoms with Gasteiger partial charge in [0.15, 0.2) is 0 Å². The molecule has 6 heteroatoms. The summed E-state index contributed by atoms with van der Waals surface area (Å²) in [5.74, 6) is 2.26. The van der Waals surface area contributed by atoms with Crippen molar-refractivity contribution in [2.45, 2.75) is 13.0 Å². The van der Waals surface area contributed by atoms with Gasteiger partial charge in [-0.05, 0) is 36.8 Å². The summed E-state index contributed by atoms with van der Waals surface area (Å²) in [4.78, 5) is 12.7. The average Bonchev–Trinajstić information content (AvgIpc) is 3.36. The van der Waals surface area contributed by atoms with Crippen molar-refractivity contribution >= 4 is 11.7 Å². The lowest BCUT2D eigenvalue weighted by atomic mass is 10.1. The van der Waals surface area contributed by atoms with Crippen LogP contribution in [0.4, 0.5) is 5.82 Å². The maximum atomic E-state index is 12.7. The first-order valence-corrected chi connectivity index (χ1v) is 9.02. The van der Waals surface area contributed by atoms with Crippen molar-refractivity contribution in [3.63, 3.8) is 0 Å². The highest BCUT2D eigenvalue weighted by Gasteiger charge is 2.18. The maximum absolute atomic E-state index is 12.7. The van der Waals surface area contributed by atoms with E-state index in [0.717, 1.165) is 31.9 Å². The molecule has 6 nitrogen and oxygen atoms in total. The van der Waals surface area contributed by atoms with Crippen LogP contribution in [0.2, 0.25) is 0 Å². The van der Waals surface area contributed by atoms with Crippen LogP contribution in [-0.4, -0.2) is 28.9 Å². The molecule has 1 fully saturated rings. The molecule has 1 aliphatic rings. The van der Waals surface area contributed by atoms with Crippen LogP contribution < -0.4 is 10.1 Å². The topological polar surface area (TPSA) is 65.4 Å². The van der Waals surface area contributed by atoms with Crippen molar-refractivity contribution in [2.24, 2.45) is 5.92 Å². The summed E-state index contributed by atoms with van der Waals surface area (Å²) in [6.07, 6.45) is 2.71. The van der Waals surface area contributed by atoms with Gasteiger partial charge in [-0.15, -0.1) is 0 Å². The second-order valence-electron chi connectivity index (χ2n) is 6.53. The lowest BCUT2D eigenvalue weighted by Gasteiger charge is -2.12. The summed E-state index contributed by atoms with van der Waals surface area (Å²) in [7, 11) is 0. The van der Waals surface area contributed by atoms with Crippen LogP contribution in [0.15, 0.2) is 66.9 Å². The minimum atomic E-state index is -0.196. The maximum Gasteiger partial charge on any atom is 0.256 e. The molecule has 3 aromatic rings. The number of para-hydroxylation sites is 1. The number of carbonyl (C=O) groups excluding carboxylic acids is 1. The van der Waals surface area contributed by atoms with Gasteiger partial charge >= 0.3 is 0 Å². The fourth-order valence-electron chi connectivity index (χ4n) is 3.07. The van der Waals surface area contributed by atoms with E-state index in [-0.39, 0.29) is 5.91 Å². The Morgan fingerprint density at radius 1 is 1.15 bits per heavy atom. The Morgan fingerprint density at radius 2 is 2.00 bits per heavy atom. The lowest BCUT2D eigenvalue weighted by Crippen LogP contribution is -2.18. The number of rotatable bonds is 6. The molecule has 138 valence electrons. The minimum absolute atomic E-state index is 0.196. The zero-order chi connectivity index (χ0) is 18.5. The third-order valence-electron chi connectivity index (χ3n) is 4.49. The van der Waals surface area contributed by atoms with E-state index in [1.54, 1.807) is 30.5 Å². The van der Waals surface area contributed by atoms with Gasteiger partial charge in [0.05, 0.1) is 12.8 Å². The number of anilines is 1. The van der Waals surface area contributed by atoms with Crippen LogP contribution in [-0.2, 0) is 11.3 Å². The fourth-order valence-corrected chi connectivity index (χ4v) is 3.07. The summed E-state index contributed by atoms with van der Waals surface area (Å²) in [6.45, 7) is 2.27. The Morgan fingerprint density at radius 3 is 2.81 bits per heavy atom. The predicted molar refractivity (Wildman–Crippen MR) is 102 cm³/mol. The van der Waals surface area contributed by atoms with E-state index in [2.05, 4.69) is 10.4 Å². The summed E-state index contributed by atoms with van der Waals surface area (Å²) >= 11 is 0. The quantitative estimate of drug-likeness (QED) is 0.720. The van der Waals surface area contributed by atoms with Gasteiger partial charge < -0.3 is 14.8 Å². The van der Waals surface area contributed by atoms with E-state index in [1.807, 2.05) is 41.1 Å². The molecule has 1 amide bonds. The summed E-state index contributed by atoms with van der Waals surface area (Å²) in [6, 6.07) is 18.4. The second-order valence-corrected chi connectivity index (χ2v) is 6.53. The molecule has 2 aromatic carbocycles. The number of hydrogen-bond donors (Lipinski definition) is 1. The Balaban J connectivity index is 1.44. The molecule has 2 heterocycles. The number of ether oxygens (including phenoxy) is 2. The van der Waals surface area contributed by atoms with Gasteiger partial charge in [0.25, 0.3) is 5.91 Å². The van der Waals surface area contributed by atoms with Crippen molar-refractivity contribution in [3.8, 4) is 11.5 Å². The third kappa shape index (κ3) is 4.35. The van der Waals surface area contributed by atoms with E-state index < -0.39 is 0 Å². The van der Waals surface area contributed by atoms with Crippen molar-refractivity contribution in [1.82, 2.24) is 9.78 Å². The number of hydrogen-bond acceptors (Lipinski definition) is 4. The molecule has 0 bridgehead atoms. The monoisotopic (exact) mass is 363 g/mol. The number of nitrogens with one attached hydrogen (secondary N) is 1. The predicted octanol–water partition coefficient (Wildman–Crippen LogP) is 3.96. The van der Waals surface area contributed by atoms with Gasteiger partial charge in [0.1, 0.15) is 17.3 Å². The van der Waals surface area contributed by atoms with E-state index in [0.29, 0.717) is 23.0 Å². The highest BCUT2D eigenvalue weighted by atomic mass is 16.5. The zero-order valence-electron chi connectivity index (χ0n) is 14.9. The molecule has 0 saturated carbocycles. The molecule has 1 N–H and O–H groups in total. The van der Waals surface area contributed by atoms with Crippen LogP contribution in [0.3, 0.4) is 0 Å². The van der Waals surface area contributed by atoms with E-state index in [9.17, 15) is 4.79 Å². The first-order chi connectivity index (χ1) is 13.3. The molecule has 1 aliphatic heterocycles. The number of amides is 1. The fraction of sp³-hybridized carbons (Fsp3) is 0.238. The molecule has 0 unspecified atom stereocenters. The van der Waals surface area contributed by atoms with Gasteiger partial charge in [-0.25, -0.2) is 4.68 Å². The van der Waals surface area contributed by atoms with Gasteiger partial charge in [-0.2, -0.15) is 5.10 Å². The minimum Gasteiger partial charge on any atom is -0.457 e. The number of carbonyl (C=O) groups is 1.